The van der Waals surface area contributed by atoms with Crippen LogP contribution < -0.4 is 5.73 Å². The first-order valence-electron chi connectivity index (χ1n) is 13.0. The second kappa shape index (κ2) is 19.5. The summed E-state index contributed by atoms with van der Waals surface area (Å²) in [5.41, 5.74) is 5.78. The van der Waals surface area contributed by atoms with E-state index >= 15 is 0 Å². The van der Waals surface area contributed by atoms with E-state index in [9.17, 15) is 0 Å². The van der Waals surface area contributed by atoms with Crippen molar-refractivity contribution in [3.05, 3.63) is 0 Å². The molecule has 0 aliphatic carbocycles. The van der Waals surface area contributed by atoms with Crippen LogP contribution in [0, 0.1) is 5.41 Å². The van der Waals surface area contributed by atoms with Crippen LogP contribution in [0.15, 0.2) is 0 Å². The predicted molar refractivity (Wildman–Crippen MR) is 130 cm³/mol. The molecule has 0 saturated carbocycles. The molecule has 4 heteroatoms. The lowest BCUT2D eigenvalue weighted by atomic mass is 9.71. The van der Waals surface area contributed by atoms with Crippen LogP contribution >= 0.6 is 0 Å². The smallest absolute Gasteiger partial charge is 0.288 e. The number of unbranched alkanes of at least 4 members (excludes halogenated alkanes) is 12. The van der Waals surface area contributed by atoms with Gasteiger partial charge in [0.15, 0.2) is 0 Å². The fourth-order valence-corrected chi connectivity index (χ4v) is 5.02. The van der Waals surface area contributed by atoms with Gasteiger partial charge in [-0.25, -0.2) is 0 Å². The molecule has 30 heavy (non-hydrogen) atoms. The average molecular weight is 430 g/mol. The van der Waals surface area contributed by atoms with Gasteiger partial charge in [-0.15, -0.1) is 0 Å². The van der Waals surface area contributed by atoms with Crippen molar-refractivity contribution in [1.29, 1.82) is 0 Å². The van der Waals surface area contributed by atoms with Crippen LogP contribution in [0.3, 0.4) is 0 Å². The largest absolute Gasteiger partial charge is 0.330 e. The lowest BCUT2D eigenvalue weighted by Crippen LogP contribution is -2.53. The Morgan fingerprint density at radius 2 is 0.833 bits per heavy atom. The Hall–Kier alpha value is -0.160. The van der Waals surface area contributed by atoms with Crippen LogP contribution in [0.4, 0.5) is 0 Å². The van der Waals surface area contributed by atoms with Gasteiger partial charge < -0.3 is 19.9 Å². The molecule has 0 aromatic carbocycles. The monoisotopic (exact) mass is 429 g/mol. The number of methoxy groups -OCH3 is 3. The Morgan fingerprint density at radius 1 is 0.500 bits per heavy atom. The minimum Gasteiger partial charge on any atom is -0.330 e. The number of hydrogen-bond donors (Lipinski definition) is 1. The highest BCUT2D eigenvalue weighted by Crippen LogP contribution is 2.48. The number of nitrogens with two attached hydrogens (primary N) is 1. The average Bonchev–Trinajstić information content (AvgIpc) is 2.77. The number of hydrogen-bond acceptors (Lipinski definition) is 4. The van der Waals surface area contributed by atoms with Crippen molar-refractivity contribution >= 4 is 0 Å². The predicted octanol–water partition coefficient (Wildman–Crippen LogP) is 7.59. The normalized spacial score (nSPS) is 14.2. The molecule has 0 aliphatic rings. The van der Waals surface area contributed by atoms with Gasteiger partial charge in [0.2, 0.25) is 0 Å². The van der Waals surface area contributed by atoms with Crippen LogP contribution in [0.25, 0.3) is 0 Å². The zero-order valence-corrected chi connectivity index (χ0v) is 21.2. The van der Waals surface area contributed by atoms with Gasteiger partial charge in [-0.05, 0) is 32.2 Å². The molecule has 0 spiro atoms. The van der Waals surface area contributed by atoms with Crippen LogP contribution in [0.2, 0.25) is 0 Å². The van der Waals surface area contributed by atoms with E-state index < -0.39 is 5.97 Å². The second-order valence-corrected chi connectivity index (χ2v) is 9.08. The first kappa shape index (κ1) is 29.8. The van der Waals surface area contributed by atoms with Crippen molar-refractivity contribution < 1.29 is 14.2 Å². The Bertz CT molecular complexity index is 352. The summed E-state index contributed by atoms with van der Waals surface area (Å²) < 4.78 is 17.8. The Morgan fingerprint density at radius 3 is 1.17 bits per heavy atom. The van der Waals surface area contributed by atoms with Gasteiger partial charge in [-0.1, -0.05) is 104 Å². The van der Waals surface area contributed by atoms with E-state index in [0.717, 1.165) is 25.7 Å². The summed E-state index contributed by atoms with van der Waals surface area (Å²) in [6.07, 6.45) is 22.5. The van der Waals surface area contributed by atoms with E-state index in [4.69, 9.17) is 19.9 Å². The summed E-state index contributed by atoms with van der Waals surface area (Å²) in [5.74, 6) is -0.979. The Labute approximate surface area is 189 Å². The Kier molecular flexibility index (Phi) is 19.4. The molecular formula is C26H55NO3. The van der Waals surface area contributed by atoms with Crippen molar-refractivity contribution in [2.45, 2.75) is 135 Å². The second-order valence-electron chi connectivity index (χ2n) is 9.08. The molecule has 1 unspecified atom stereocenters. The highest BCUT2D eigenvalue weighted by Gasteiger charge is 2.52. The van der Waals surface area contributed by atoms with Crippen molar-refractivity contribution in [3.63, 3.8) is 0 Å². The van der Waals surface area contributed by atoms with Gasteiger partial charge in [-0.3, -0.25) is 0 Å². The van der Waals surface area contributed by atoms with Crippen LogP contribution in [-0.4, -0.2) is 33.8 Å². The molecule has 0 aliphatic heterocycles. The summed E-state index contributed by atoms with van der Waals surface area (Å²) in [6.45, 7) is 5.24. The maximum atomic E-state index is 5.93. The molecular weight excluding hydrogens is 374 g/mol. The highest BCUT2D eigenvalue weighted by molar-refractivity contribution is 4.89. The fraction of sp³-hybridized carbons (Fsp3) is 1.00. The molecule has 0 radical (unpaired) electrons. The zero-order chi connectivity index (χ0) is 22.6. The van der Waals surface area contributed by atoms with E-state index in [1.165, 1.54) is 89.9 Å². The standard InChI is InChI=1S/C26H55NO3/c1-6-8-10-12-14-15-17-19-22-25(23-20-24-27,26(28-3,29-4)30-5)21-18-16-13-11-9-7-2/h6-24,27H2,1-5H3. The van der Waals surface area contributed by atoms with Crippen LogP contribution in [0.1, 0.15) is 129 Å². The summed E-state index contributed by atoms with van der Waals surface area (Å²) in [4.78, 5) is 0. The van der Waals surface area contributed by atoms with Crippen LogP contribution in [0.5, 0.6) is 0 Å². The molecule has 0 aromatic rings. The number of rotatable bonds is 23. The van der Waals surface area contributed by atoms with Gasteiger partial charge in [0, 0.05) is 21.3 Å². The maximum absolute atomic E-state index is 5.93. The van der Waals surface area contributed by atoms with Gasteiger partial charge >= 0.3 is 0 Å². The quantitative estimate of drug-likeness (QED) is 0.134. The summed E-state index contributed by atoms with van der Waals surface area (Å²) in [5, 5.41) is 0. The number of ether oxygens (including phenoxy) is 3. The van der Waals surface area contributed by atoms with Gasteiger partial charge in [0.05, 0.1) is 5.41 Å². The minimum absolute atomic E-state index is 0.141. The van der Waals surface area contributed by atoms with Crippen molar-refractivity contribution in [3.8, 4) is 0 Å². The summed E-state index contributed by atoms with van der Waals surface area (Å²) in [7, 11) is 5.16. The first-order chi connectivity index (χ1) is 14.6. The third kappa shape index (κ3) is 10.9. The maximum Gasteiger partial charge on any atom is 0.288 e. The summed E-state index contributed by atoms with van der Waals surface area (Å²) >= 11 is 0. The molecule has 0 heterocycles. The van der Waals surface area contributed by atoms with E-state index in [-0.39, 0.29) is 5.41 Å². The summed E-state index contributed by atoms with van der Waals surface area (Å²) in [6, 6.07) is 0. The van der Waals surface area contributed by atoms with E-state index in [0.29, 0.717) is 6.54 Å². The fourth-order valence-electron chi connectivity index (χ4n) is 5.02. The zero-order valence-electron chi connectivity index (χ0n) is 21.2. The lowest BCUT2D eigenvalue weighted by Gasteiger charge is -2.47. The molecule has 4 nitrogen and oxygen atoms in total. The third-order valence-corrected chi connectivity index (χ3v) is 6.83. The van der Waals surface area contributed by atoms with Crippen molar-refractivity contribution in [2.75, 3.05) is 27.9 Å². The highest BCUT2D eigenvalue weighted by atomic mass is 16.9. The van der Waals surface area contributed by atoms with Gasteiger partial charge in [0.1, 0.15) is 0 Å². The van der Waals surface area contributed by atoms with E-state index in [2.05, 4.69) is 13.8 Å². The minimum atomic E-state index is -0.979. The SMILES string of the molecule is CCCCCCCCCCC(CCCN)(CCCCCCCC)C(OC)(OC)OC. The van der Waals surface area contributed by atoms with E-state index in [1.807, 2.05) is 0 Å². The molecule has 0 saturated heterocycles. The molecule has 1 atom stereocenters. The van der Waals surface area contributed by atoms with Crippen LogP contribution in [-0.2, 0) is 14.2 Å². The van der Waals surface area contributed by atoms with Crippen molar-refractivity contribution in [2.24, 2.45) is 11.1 Å². The van der Waals surface area contributed by atoms with Crippen molar-refractivity contribution in [1.82, 2.24) is 0 Å². The van der Waals surface area contributed by atoms with Gasteiger partial charge in [0.25, 0.3) is 5.97 Å². The van der Waals surface area contributed by atoms with E-state index in [1.54, 1.807) is 21.3 Å². The molecule has 182 valence electrons. The van der Waals surface area contributed by atoms with Gasteiger partial charge in [-0.2, -0.15) is 0 Å². The first-order valence-corrected chi connectivity index (χ1v) is 13.0. The molecule has 0 amide bonds. The Balaban J connectivity index is 4.97. The molecule has 2 N–H and O–H groups in total. The molecule has 0 aromatic heterocycles. The molecule has 0 rings (SSSR count). The molecule has 0 fully saturated rings. The molecule has 0 bridgehead atoms. The topological polar surface area (TPSA) is 53.7 Å². The lowest BCUT2D eigenvalue weighted by molar-refractivity contribution is -0.411. The third-order valence-electron chi connectivity index (χ3n) is 6.83.